The van der Waals surface area contributed by atoms with Crippen LogP contribution in [0.3, 0.4) is 0 Å². The Kier molecular flexibility index (Phi) is 9.57. The molecule has 0 spiro atoms. The van der Waals surface area contributed by atoms with Crippen molar-refractivity contribution in [1.82, 2.24) is 20.5 Å². The van der Waals surface area contributed by atoms with Crippen LogP contribution in [-0.4, -0.2) is 69.6 Å². The van der Waals surface area contributed by atoms with Gasteiger partial charge in [-0.2, -0.15) is 9.57 Å². The number of nitrogens with one attached hydrogen (secondary N) is 2. The first-order valence-electron chi connectivity index (χ1n) is 16.5. The van der Waals surface area contributed by atoms with E-state index in [0.29, 0.717) is 29.2 Å². The topological polar surface area (TPSA) is 154 Å². The van der Waals surface area contributed by atoms with Crippen molar-refractivity contribution >= 4 is 27.6 Å². The number of nitrogens with zero attached hydrogens (tertiary/aromatic N) is 4. The minimum Gasteiger partial charge on any atom is -0.492 e. The first kappa shape index (κ1) is 33.2. The summed E-state index contributed by atoms with van der Waals surface area (Å²) in [6, 6.07) is 15.1. The molecule has 48 heavy (non-hydrogen) atoms. The molecule has 4 heterocycles. The summed E-state index contributed by atoms with van der Waals surface area (Å²) in [7, 11) is -4.61. The molecule has 12 nitrogen and oxygen atoms in total. The largest absolute Gasteiger partial charge is 0.492 e. The Morgan fingerprint density at radius 3 is 2.42 bits per heavy atom. The highest BCUT2D eigenvalue weighted by Gasteiger charge is 2.59. The lowest BCUT2D eigenvalue weighted by molar-refractivity contribution is -0.121. The van der Waals surface area contributed by atoms with E-state index >= 15 is 4.79 Å². The number of fused-ring (bicyclic) bond motifs is 1. The van der Waals surface area contributed by atoms with Gasteiger partial charge < -0.3 is 25.0 Å². The van der Waals surface area contributed by atoms with Gasteiger partial charge in [0.05, 0.1) is 36.1 Å². The minimum absolute atomic E-state index is 0.00141. The molecule has 1 aromatic heterocycles. The smallest absolute Gasteiger partial charge is 0.318 e. The summed E-state index contributed by atoms with van der Waals surface area (Å²) < 4.78 is 41.3. The van der Waals surface area contributed by atoms with E-state index in [2.05, 4.69) is 21.7 Å². The number of anilines is 1. The number of rotatable bonds is 9. The second kappa shape index (κ2) is 13.8. The van der Waals surface area contributed by atoms with Crippen molar-refractivity contribution in [2.45, 2.75) is 50.0 Å². The van der Waals surface area contributed by atoms with Gasteiger partial charge in [-0.15, -0.1) is 0 Å². The first-order valence-corrected chi connectivity index (χ1v) is 17.9. The van der Waals surface area contributed by atoms with Gasteiger partial charge in [-0.1, -0.05) is 12.1 Å². The molecular formula is C35H40N6O6S. The van der Waals surface area contributed by atoms with Crippen molar-refractivity contribution in [3.8, 4) is 17.7 Å². The highest BCUT2D eigenvalue weighted by Crippen LogP contribution is 2.50. The number of urea groups is 1. The number of carbonyl (C=O) groups excluding carboxylic acids is 2. The van der Waals surface area contributed by atoms with Gasteiger partial charge in [0.2, 0.25) is 5.88 Å². The van der Waals surface area contributed by atoms with Gasteiger partial charge in [0.1, 0.15) is 10.6 Å². The summed E-state index contributed by atoms with van der Waals surface area (Å²) in [6.45, 7) is 6.87. The monoisotopic (exact) mass is 672 g/mol. The van der Waals surface area contributed by atoms with Gasteiger partial charge in [-0.25, -0.2) is 18.2 Å². The van der Waals surface area contributed by atoms with Gasteiger partial charge in [0, 0.05) is 24.8 Å². The van der Waals surface area contributed by atoms with Crippen LogP contribution in [0.15, 0.2) is 65.7 Å². The lowest BCUT2D eigenvalue weighted by Gasteiger charge is -2.39. The van der Waals surface area contributed by atoms with Gasteiger partial charge in [-0.05, 0) is 107 Å². The number of benzene rings is 2. The molecule has 0 saturated carbocycles. The number of piperidine rings is 2. The van der Waals surface area contributed by atoms with Crippen LogP contribution < -0.4 is 24.4 Å². The number of aromatic nitrogens is 1. The molecule has 252 valence electrons. The number of sulfonamides is 1. The zero-order valence-corrected chi connectivity index (χ0v) is 28.0. The zero-order chi connectivity index (χ0) is 33.9. The third-order valence-corrected chi connectivity index (χ3v) is 11.3. The van der Waals surface area contributed by atoms with E-state index in [1.165, 1.54) is 36.5 Å². The van der Waals surface area contributed by atoms with Gasteiger partial charge in [0.15, 0.2) is 5.54 Å². The van der Waals surface area contributed by atoms with Crippen molar-refractivity contribution < 1.29 is 27.5 Å². The number of carbonyl (C=O) groups is 2. The molecular weight excluding hydrogens is 632 g/mol. The van der Waals surface area contributed by atoms with Crippen LogP contribution in [0.5, 0.6) is 11.6 Å². The average molecular weight is 673 g/mol. The number of hydrogen-bond donors (Lipinski definition) is 2. The fourth-order valence-corrected chi connectivity index (χ4v) is 8.84. The average Bonchev–Trinajstić information content (AvgIpc) is 3.36. The molecule has 13 heteroatoms. The molecule has 0 radical (unpaired) electrons. The highest BCUT2D eigenvalue weighted by atomic mass is 32.2. The molecule has 2 fully saturated rings. The molecule has 0 aliphatic carbocycles. The van der Waals surface area contributed by atoms with Crippen LogP contribution in [0.25, 0.3) is 0 Å². The maximum Gasteiger partial charge on any atom is 0.318 e. The zero-order valence-electron chi connectivity index (χ0n) is 27.1. The van der Waals surface area contributed by atoms with E-state index in [9.17, 15) is 18.5 Å². The molecule has 3 aliphatic heterocycles. The standard InChI is InChI=1S/C35H40N6O6S/c1-3-46-30-9-5-6-10-31(30)48(44,45)41-29-12-11-24(23-36)22-28(29)35(33(41)42,27-8-7-17-38-32(27)47-4-2)39-34(43)40-20-15-26(16-21-40)25-13-18-37-19-14-25/h5-12,17,22,25-26,37H,3-4,13-16,18-21H2,1-2H3,(H,39,43). The number of ether oxygens (including phenoxy) is 2. The van der Waals surface area contributed by atoms with Crippen molar-refractivity contribution in [3.63, 3.8) is 0 Å². The van der Waals surface area contributed by atoms with Crippen LogP contribution in [0.1, 0.15) is 56.2 Å². The highest BCUT2D eigenvalue weighted by molar-refractivity contribution is 7.93. The summed E-state index contributed by atoms with van der Waals surface area (Å²) >= 11 is 0. The SMILES string of the molecule is CCOc1ccccc1S(=O)(=O)N1C(=O)C(NC(=O)N2CCC(C3CCNCC3)CC2)(c2cccnc2OCC)c2cc(C#N)ccc21. The maximum atomic E-state index is 15.1. The summed E-state index contributed by atoms with van der Waals surface area (Å²) in [5, 5.41) is 16.3. The fraction of sp³-hybridized carbons (Fsp3) is 0.429. The Hall–Kier alpha value is -4.67. The summed E-state index contributed by atoms with van der Waals surface area (Å²) in [5.41, 5.74) is -1.64. The number of hydrogen-bond acceptors (Lipinski definition) is 9. The molecule has 2 N–H and O–H groups in total. The van der Waals surface area contributed by atoms with Crippen molar-refractivity contribution in [2.24, 2.45) is 11.8 Å². The Bertz CT molecular complexity index is 1830. The normalized spacial score (nSPS) is 20.2. The van der Waals surface area contributed by atoms with Gasteiger partial charge in [0.25, 0.3) is 15.9 Å². The molecule has 3 aromatic rings. The molecule has 2 saturated heterocycles. The van der Waals surface area contributed by atoms with Gasteiger partial charge >= 0.3 is 6.03 Å². The molecule has 6 rings (SSSR count). The van der Waals surface area contributed by atoms with Crippen molar-refractivity contribution in [2.75, 3.05) is 43.7 Å². The molecule has 3 amide bonds. The lowest BCUT2D eigenvalue weighted by atomic mass is 9.79. The summed E-state index contributed by atoms with van der Waals surface area (Å²) in [4.78, 5) is 35.2. The predicted octanol–water partition coefficient (Wildman–Crippen LogP) is 4.15. The molecule has 2 aromatic carbocycles. The summed E-state index contributed by atoms with van der Waals surface area (Å²) in [5.74, 6) is 0.299. The van der Waals surface area contributed by atoms with E-state index in [-0.39, 0.29) is 52.1 Å². The molecule has 1 atom stereocenters. The maximum absolute atomic E-state index is 15.1. The van der Waals surface area contributed by atoms with Crippen LogP contribution >= 0.6 is 0 Å². The van der Waals surface area contributed by atoms with Crippen molar-refractivity contribution in [1.29, 1.82) is 5.26 Å². The third-order valence-electron chi connectivity index (χ3n) is 9.55. The molecule has 1 unspecified atom stereocenters. The second-order valence-electron chi connectivity index (χ2n) is 12.2. The number of likely N-dealkylation sites (tertiary alicyclic amines) is 1. The quantitative estimate of drug-likeness (QED) is 0.341. The third kappa shape index (κ3) is 5.84. The van der Waals surface area contributed by atoms with E-state index in [0.717, 1.165) is 38.8 Å². The Morgan fingerprint density at radius 1 is 1.00 bits per heavy atom. The summed E-state index contributed by atoms with van der Waals surface area (Å²) in [6.07, 6.45) is 5.39. The number of para-hydroxylation sites is 1. The van der Waals surface area contributed by atoms with E-state index in [1.54, 1.807) is 43.0 Å². The number of pyridine rings is 1. The molecule has 0 bridgehead atoms. The minimum atomic E-state index is -4.61. The van der Waals surface area contributed by atoms with E-state index in [1.807, 2.05) is 0 Å². The number of amides is 3. The lowest BCUT2D eigenvalue weighted by Crippen LogP contribution is -2.58. The van der Waals surface area contributed by atoms with E-state index < -0.39 is 27.5 Å². The fourth-order valence-electron chi connectivity index (χ4n) is 7.24. The van der Waals surface area contributed by atoms with E-state index in [4.69, 9.17) is 9.47 Å². The van der Waals surface area contributed by atoms with Crippen LogP contribution in [0.2, 0.25) is 0 Å². The van der Waals surface area contributed by atoms with Crippen LogP contribution in [0, 0.1) is 23.2 Å². The Morgan fingerprint density at radius 2 is 1.71 bits per heavy atom. The Labute approximate surface area is 281 Å². The first-order chi connectivity index (χ1) is 23.3. The number of nitriles is 1. The van der Waals surface area contributed by atoms with Gasteiger partial charge in [-0.3, -0.25) is 4.79 Å². The second-order valence-corrected chi connectivity index (χ2v) is 13.9. The predicted molar refractivity (Wildman–Crippen MR) is 178 cm³/mol. The van der Waals surface area contributed by atoms with Crippen LogP contribution in [-0.2, 0) is 20.4 Å². The molecule has 3 aliphatic rings. The van der Waals surface area contributed by atoms with Crippen LogP contribution in [0.4, 0.5) is 10.5 Å². The van der Waals surface area contributed by atoms with Crippen molar-refractivity contribution in [3.05, 3.63) is 77.5 Å². The Balaban J connectivity index is 1.47.